The zero-order valence-electron chi connectivity index (χ0n) is 9.34. The molecule has 0 fully saturated rings. The average molecular weight is 366 g/mol. The molecule has 0 amide bonds. The molecule has 0 spiro atoms. The monoisotopic (exact) mass is 364 g/mol. The number of hydrogen-bond donors (Lipinski definition) is 0. The molecule has 0 bridgehead atoms. The van der Waals surface area contributed by atoms with E-state index in [1.165, 1.54) is 12.1 Å². The van der Waals surface area contributed by atoms with Crippen molar-refractivity contribution in [2.45, 2.75) is 20.0 Å². The fourth-order valence-electron chi connectivity index (χ4n) is 1.22. The molecule has 1 aromatic carbocycles. The standard InChI is InChI=1S/C12H11Br2FO2/c1-6(2)11(16)10(15)12(17)7-3-4-8(13)9(14)5-7/h3-6,10H,1-2H3. The summed E-state index contributed by atoms with van der Waals surface area (Å²) in [6.45, 7) is 3.14. The van der Waals surface area contributed by atoms with Gasteiger partial charge in [0.05, 0.1) is 0 Å². The van der Waals surface area contributed by atoms with Crippen LogP contribution in [-0.4, -0.2) is 17.7 Å². The summed E-state index contributed by atoms with van der Waals surface area (Å²) in [4.78, 5) is 23.1. The molecule has 92 valence electrons. The molecule has 1 aromatic rings. The van der Waals surface area contributed by atoms with Crippen LogP contribution >= 0.6 is 31.9 Å². The predicted octanol–water partition coefficient (Wildman–Crippen LogP) is 3.96. The Morgan fingerprint density at radius 2 is 1.76 bits per heavy atom. The van der Waals surface area contributed by atoms with Gasteiger partial charge in [-0.3, -0.25) is 9.59 Å². The number of Topliss-reactive ketones (excluding diaryl/α,β-unsaturated/α-hetero) is 2. The molecule has 0 aliphatic carbocycles. The van der Waals surface area contributed by atoms with Gasteiger partial charge in [-0.1, -0.05) is 19.9 Å². The first-order valence-corrected chi connectivity index (χ1v) is 6.60. The number of halogens is 3. The molecule has 0 aromatic heterocycles. The lowest BCUT2D eigenvalue weighted by Crippen LogP contribution is -2.29. The Morgan fingerprint density at radius 1 is 1.18 bits per heavy atom. The second-order valence-electron chi connectivity index (χ2n) is 3.91. The van der Waals surface area contributed by atoms with Crippen molar-refractivity contribution >= 4 is 43.4 Å². The van der Waals surface area contributed by atoms with Crippen LogP contribution in [0.5, 0.6) is 0 Å². The van der Waals surface area contributed by atoms with Gasteiger partial charge in [0.25, 0.3) is 0 Å². The van der Waals surface area contributed by atoms with Crippen LogP contribution in [0.1, 0.15) is 24.2 Å². The molecule has 5 heteroatoms. The highest BCUT2D eigenvalue weighted by Gasteiger charge is 2.28. The molecule has 0 heterocycles. The Kier molecular flexibility index (Phi) is 5.01. The number of alkyl halides is 1. The van der Waals surface area contributed by atoms with E-state index < -0.39 is 23.7 Å². The molecule has 0 saturated carbocycles. The second-order valence-corrected chi connectivity index (χ2v) is 5.62. The molecular weight excluding hydrogens is 355 g/mol. The van der Waals surface area contributed by atoms with Crippen LogP contribution in [-0.2, 0) is 4.79 Å². The van der Waals surface area contributed by atoms with Crippen LogP contribution < -0.4 is 0 Å². The summed E-state index contributed by atoms with van der Waals surface area (Å²) >= 11 is 6.47. The number of carbonyl (C=O) groups is 2. The third kappa shape index (κ3) is 3.45. The lowest BCUT2D eigenvalue weighted by Gasteiger charge is -2.09. The van der Waals surface area contributed by atoms with E-state index in [1.807, 2.05) is 0 Å². The highest BCUT2D eigenvalue weighted by atomic mass is 79.9. The van der Waals surface area contributed by atoms with E-state index >= 15 is 0 Å². The normalized spacial score (nSPS) is 12.6. The van der Waals surface area contributed by atoms with Gasteiger partial charge in [0.2, 0.25) is 12.0 Å². The zero-order chi connectivity index (χ0) is 13.2. The average Bonchev–Trinajstić information content (AvgIpc) is 2.29. The van der Waals surface area contributed by atoms with Gasteiger partial charge in [0.1, 0.15) is 0 Å². The van der Waals surface area contributed by atoms with E-state index in [2.05, 4.69) is 31.9 Å². The van der Waals surface area contributed by atoms with E-state index in [9.17, 15) is 14.0 Å². The Balaban J connectivity index is 2.97. The first kappa shape index (κ1) is 14.5. The third-order valence-corrected chi connectivity index (χ3v) is 4.13. The molecule has 1 atom stereocenters. The molecule has 17 heavy (non-hydrogen) atoms. The summed E-state index contributed by atoms with van der Waals surface area (Å²) in [5, 5.41) is 0. The lowest BCUT2D eigenvalue weighted by molar-refractivity contribution is -0.125. The maximum Gasteiger partial charge on any atom is 0.221 e. The number of benzene rings is 1. The van der Waals surface area contributed by atoms with Crippen molar-refractivity contribution in [1.29, 1.82) is 0 Å². The SMILES string of the molecule is CC(C)C(=O)C(F)C(=O)c1ccc(Br)c(Br)c1. The molecule has 1 unspecified atom stereocenters. The van der Waals surface area contributed by atoms with Gasteiger partial charge < -0.3 is 0 Å². The van der Waals surface area contributed by atoms with E-state index in [-0.39, 0.29) is 5.56 Å². The zero-order valence-corrected chi connectivity index (χ0v) is 12.5. The number of rotatable bonds is 4. The minimum absolute atomic E-state index is 0.182. The Bertz CT molecular complexity index is 458. The summed E-state index contributed by atoms with van der Waals surface area (Å²) in [5.41, 5.74) is 0.182. The Hall–Kier alpha value is -0.550. The smallest absolute Gasteiger partial charge is 0.221 e. The van der Waals surface area contributed by atoms with E-state index in [0.29, 0.717) is 4.47 Å². The van der Waals surface area contributed by atoms with Crippen molar-refractivity contribution in [2.75, 3.05) is 0 Å². The van der Waals surface area contributed by atoms with Crippen molar-refractivity contribution in [2.24, 2.45) is 5.92 Å². The van der Waals surface area contributed by atoms with Gasteiger partial charge in [-0.25, -0.2) is 4.39 Å². The van der Waals surface area contributed by atoms with Gasteiger partial charge >= 0.3 is 0 Å². The van der Waals surface area contributed by atoms with Gasteiger partial charge in [-0.05, 0) is 44.0 Å². The quantitative estimate of drug-likeness (QED) is 0.597. The van der Waals surface area contributed by atoms with E-state index in [4.69, 9.17) is 0 Å². The molecule has 0 aliphatic rings. The maximum atomic E-state index is 13.6. The highest BCUT2D eigenvalue weighted by molar-refractivity contribution is 9.13. The lowest BCUT2D eigenvalue weighted by atomic mass is 9.98. The number of ketones is 2. The summed E-state index contributed by atoms with van der Waals surface area (Å²) in [7, 11) is 0. The van der Waals surface area contributed by atoms with Crippen LogP contribution in [0, 0.1) is 5.92 Å². The van der Waals surface area contributed by atoms with Crippen LogP contribution in [0.3, 0.4) is 0 Å². The van der Waals surface area contributed by atoms with Crippen molar-refractivity contribution in [3.63, 3.8) is 0 Å². The molecule has 2 nitrogen and oxygen atoms in total. The van der Waals surface area contributed by atoms with Crippen molar-refractivity contribution in [3.8, 4) is 0 Å². The van der Waals surface area contributed by atoms with Crippen molar-refractivity contribution in [1.82, 2.24) is 0 Å². The summed E-state index contributed by atoms with van der Waals surface area (Å²) < 4.78 is 15.0. The third-order valence-electron chi connectivity index (χ3n) is 2.25. The van der Waals surface area contributed by atoms with Crippen LogP contribution in [0.2, 0.25) is 0 Å². The first-order chi connectivity index (χ1) is 7.84. The van der Waals surface area contributed by atoms with Crippen LogP contribution in [0.25, 0.3) is 0 Å². The van der Waals surface area contributed by atoms with Crippen molar-refractivity contribution in [3.05, 3.63) is 32.7 Å². The number of hydrogen-bond acceptors (Lipinski definition) is 2. The minimum Gasteiger partial charge on any atom is -0.296 e. The van der Waals surface area contributed by atoms with Crippen LogP contribution in [0.4, 0.5) is 4.39 Å². The minimum atomic E-state index is -2.08. The fraction of sp³-hybridized carbons (Fsp3) is 0.333. The molecular formula is C12H11Br2FO2. The molecule has 0 saturated heterocycles. The van der Waals surface area contributed by atoms with E-state index in [1.54, 1.807) is 19.9 Å². The molecule has 0 radical (unpaired) electrons. The fourth-order valence-corrected chi connectivity index (χ4v) is 1.84. The summed E-state index contributed by atoms with van der Waals surface area (Å²) in [5.74, 6) is -1.97. The largest absolute Gasteiger partial charge is 0.296 e. The molecule has 1 rings (SSSR count). The van der Waals surface area contributed by atoms with Crippen LogP contribution in [0.15, 0.2) is 27.1 Å². The van der Waals surface area contributed by atoms with E-state index in [0.717, 1.165) is 4.47 Å². The second kappa shape index (κ2) is 5.87. The highest BCUT2D eigenvalue weighted by Crippen LogP contribution is 2.25. The predicted molar refractivity (Wildman–Crippen MR) is 70.9 cm³/mol. The topological polar surface area (TPSA) is 34.1 Å². The summed E-state index contributed by atoms with van der Waals surface area (Å²) in [6.07, 6.45) is -2.08. The van der Waals surface area contributed by atoms with Gasteiger partial charge in [-0.2, -0.15) is 0 Å². The molecule has 0 N–H and O–H groups in total. The summed E-state index contributed by atoms with van der Waals surface area (Å²) in [6, 6.07) is 4.61. The van der Waals surface area contributed by atoms with Crippen molar-refractivity contribution < 1.29 is 14.0 Å². The van der Waals surface area contributed by atoms with Gasteiger partial charge in [0.15, 0.2) is 5.78 Å². The number of carbonyl (C=O) groups excluding carboxylic acids is 2. The first-order valence-electron chi connectivity index (χ1n) is 5.01. The molecule has 0 aliphatic heterocycles. The van der Waals surface area contributed by atoms with Gasteiger partial charge in [0, 0.05) is 20.4 Å². The maximum absolute atomic E-state index is 13.6. The Labute approximate surface area is 116 Å². The Morgan fingerprint density at radius 3 is 2.24 bits per heavy atom. The van der Waals surface area contributed by atoms with Gasteiger partial charge in [-0.15, -0.1) is 0 Å².